The monoisotopic (exact) mass is 213 g/mol. The topological polar surface area (TPSA) is 37.8 Å². The lowest BCUT2D eigenvalue weighted by Gasteiger charge is -2.12. The SMILES string of the molecule is Cc1cc(C)c(Nc2ccncn2)c(C)c1. The summed E-state index contributed by atoms with van der Waals surface area (Å²) in [5.41, 5.74) is 4.87. The molecule has 0 saturated heterocycles. The Kier molecular flexibility index (Phi) is 2.86. The summed E-state index contributed by atoms with van der Waals surface area (Å²) in [5, 5.41) is 3.32. The number of aryl methyl sites for hydroxylation is 3. The first kappa shape index (κ1) is 10.6. The maximum absolute atomic E-state index is 4.16. The fourth-order valence-electron chi connectivity index (χ4n) is 1.87. The highest BCUT2D eigenvalue weighted by Crippen LogP contribution is 2.24. The molecule has 1 aromatic carbocycles. The van der Waals surface area contributed by atoms with Crippen molar-refractivity contribution in [3.05, 3.63) is 47.4 Å². The van der Waals surface area contributed by atoms with Gasteiger partial charge in [-0.3, -0.25) is 0 Å². The van der Waals surface area contributed by atoms with Crippen LogP contribution in [0, 0.1) is 20.8 Å². The number of hydrogen-bond acceptors (Lipinski definition) is 3. The number of nitrogens with zero attached hydrogens (tertiary/aromatic N) is 2. The third-order valence-electron chi connectivity index (χ3n) is 2.51. The van der Waals surface area contributed by atoms with Crippen LogP contribution < -0.4 is 5.32 Å². The van der Waals surface area contributed by atoms with E-state index in [2.05, 4.69) is 48.2 Å². The highest BCUT2D eigenvalue weighted by molar-refractivity contribution is 5.64. The Morgan fingerprint density at radius 1 is 1.06 bits per heavy atom. The number of nitrogens with one attached hydrogen (secondary N) is 1. The molecule has 2 rings (SSSR count). The van der Waals surface area contributed by atoms with Crippen LogP contribution in [0.2, 0.25) is 0 Å². The van der Waals surface area contributed by atoms with Crippen LogP contribution in [0.5, 0.6) is 0 Å². The van der Waals surface area contributed by atoms with Crippen molar-refractivity contribution in [2.45, 2.75) is 20.8 Å². The summed E-state index contributed by atoms with van der Waals surface area (Å²) in [6.07, 6.45) is 3.27. The lowest BCUT2D eigenvalue weighted by Crippen LogP contribution is -1.98. The van der Waals surface area contributed by atoms with E-state index in [0.717, 1.165) is 11.5 Å². The van der Waals surface area contributed by atoms with Gasteiger partial charge in [0.05, 0.1) is 0 Å². The summed E-state index contributed by atoms with van der Waals surface area (Å²) in [4.78, 5) is 8.05. The Balaban J connectivity index is 2.35. The Morgan fingerprint density at radius 2 is 1.75 bits per heavy atom. The van der Waals surface area contributed by atoms with Gasteiger partial charge in [-0.05, 0) is 38.0 Å². The van der Waals surface area contributed by atoms with Crippen LogP contribution in [0.4, 0.5) is 11.5 Å². The Morgan fingerprint density at radius 3 is 2.31 bits per heavy atom. The Hall–Kier alpha value is -1.90. The molecule has 0 saturated carbocycles. The van der Waals surface area contributed by atoms with Crippen LogP contribution >= 0.6 is 0 Å². The average molecular weight is 213 g/mol. The van der Waals surface area contributed by atoms with Gasteiger partial charge in [0.1, 0.15) is 12.1 Å². The van der Waals surface area contributed by atoms with E-state index in [4.69, 9.17) is 0 Å². The molecule has 1 N–H and O–H groups in total. The second kappa shape index (κ2) is 4.31. The number of benzene rings is 1. The predicted octanol–water partition coefficient (Wildman–Crippen LogP) is 3.15. The molecule has 0 amide bonds. The van der Waals surface area contributed by atoms with Crippen LogP contribution in [0.3, 0.4) is 0 Å². The normalized spacial score (nSPS) is 10.2. The van der Waals surface area contributed by atoms with Crippen molar-refractivity contribution in [2.75, 3.05) is 5.32 Å². The van der Waals surface area contributed by atoms with Gasteiger partial charge in [0.25, 0.3) is 0 Å². The van der Waals surface area contributed by atoms with Crippen molar-refractivity contribution >= 4 is 11.5 Å². The minimum absolute atomic E-state index is 0.824. The fraction of sp³-hybridized carbons (Fsp3) is 0.231. The molecule has 0 aliphatic heterocycles. The van der Waals surface area contributed by atoms with E-state index in [9.17, 15) is 0 Å². The molecule has 1 heterocycles. The lowest BCUT2D eigenvalue weighted by molar-refractivity contribution is 1.16. The Labute approximate surface area is 95.6 Å². The van der Waals surface area contributed by atoms with E-state index >= 15 is 0 Å². The van der Waals surface area contributed by atoms with E-state index in [1.54, 1.807) is 12.5 Å². The zero-order valence-electron chi connectivity index (χ0n) is 9.78. The molecule has 82 valence electrons. The largest absolute Gasteiger partial charge is 0.340 e. The van der Waals surface area contributed by atoms with Crippen LogP contribution in [-0.4, -0.2) is 9.97 Å². The molecule has 0 fully saturated rings. The molecular formula is C13H15N3. The molecule has 16 heavy (non-hydrogen) atoms. The molecule has 3 heteroatoms. The maximum atomic E-state index is 4.16. The van der Waals surface area contributed by atoms with Gasteiger partial charge < -0.3 is 5.32 Å². The highest BCUT2D eigenvalue weighted by Gasteiger charge is 2.04. The van der Waals surface area contributed by atoms with Gasteiger partial charge in [0.2, 0.25) is 0 Å². The molecule has 2 aromatic rings. The molecule has 0 unspecified atom stereocenters. The summed E-state index contributed by atoms with van der Waals surface area (Å²) in [6, 6.07) is 6.19. The van der Waals surface area contributed by atoms with E-state index in [1.165, 1.54) is 16.7 Å². The third kappa shape index (κ3) is 2.19. The van der Waals surface area contributed by atoms with Crippen molar-refractivity contribution in [3.63, 3.8) is 0 Å². The number of rotatable bonds is 2. The van der Waals surface area contributed by atoms with Crippen molar-refractivity contribution in [1.82, 2.24) is 9.97 Å². The van der Waals surface area contributed by atoms with E-state index in [1.807, 2.05) is 6.07 Å². The van der Waals surface area contributed by atoms with Crippen molar-refractivity contribution in [3.8, 4) is 0 Å². The summed E-state index contributed by atoms with van der Waals surface area (Å²) >= 11 is 0. The van der Waals surface area contributed by atoms with Gasteiger partial charge in [0, 0.05) is 11.9 Å². The number of aromatic nitrogens is 2. The second-order valence-corrected chi connectivity index (χ2v) is 3.99. The summed E-state index contributed by atoms with van der Waals surface area (Å²) in [5.74, 6) is 0.824. The summed E-state index contributed by atoms with van der Waals surface area (Å²) in [6.45, 7) is 6.31. The minimum Gasteiger partial charge on any atom is -0.340 e. The molecule has 3 nitrogen and oxygen atoms in total. The summed E-state index contributed by atoms with van der Waals surface area (Å²) in [7, 11) is 0. The number of anilines is 2. The zero-order valence-corrected chi connectivity index (χ0v) is 9.78. The quantitative estimate of drug-likeness (QED) is 0.832. The maximum Gasteiger partial charge on any atom is 0.133 e. The van der Waals surface area contributed by atoms with Gasteiger partial charge >= 0.3 is 0 Å². The number of hydrogen-bond donors (Lipinski definition) is 1. The predicted molar refractivity (Wildman–Crippen MR) is 66.0 cm³/mol. The van der Waals surface area contributed by atoms with Crippen molar-refractivity contribution in [2.24, 2.45) is 0 Å². The highest BCUT2D eigenvalue weighted by atomic mass is 15.0. The molecule has 0 aliphatic rings. The summed E-state index contributed by atoms with van der Waals surface area (Å²) < 4.78 is 0. The minimum atomic E-state index is 0.824. The first-order valence-electron chi connectivity index (χ1n) is 5.27. The molecule has 0 radical (unpaired) electrons. The van der Waals surface area contributed by atoms with Crippen LogP contribution in [0.25, 0.3) is 0 Å². The molecule has 0 bridgehead atoms. The van der Waals surface area contributed by atoms with Crippen LogP contribution in [-0.2, 0) is 0 Å². The van der Waals surface area contributed by atoms with Crippen molar-refractivity contribution in [1.29, 1.82) is 0 Å². The average Bonchev–Trinajstić information content (AvgIpc) is 2.25. The van der Waals surface area contributed by atoms with Gasteiger partial charge in [-0.1, -0.05) is 17.7 Å². The van der Waals surface area contributed by atoms with Crippen molar-refractivity contribution < 1.29 is 0 Å². The fourth-order valence-corrected chi connectivity index (χ4v) is 1.87. The first-order chi connectivity index (χ1) is 7.66. The third-order valence-corrected chi connectivity index (χ3v) is 2.51. The zero-order chi connectivity index (χ0) is 11.5. The second-order valence-electron chi connectivity index (χ2n) is 3.99. The lowest BCUT2D eigenvalue weighted by atomic mass is 10.1. The van der Waals surface area contributed by atoms with Gasteiger partial charge in [0.15, 0.2) is 0 Å². The molecule has 0 atom stereocenters. The Bertz CT molecular complexity index is 469. The van der Waals surface area contributed by atoms with E-state index < -0.39 is 0 Å². The van der Waals surface area contributed by atoms with Crippen LogP contribution in [0.1, 0.15) is 16.7 Å². The standard InChI is InChI=1S/C13H15N3/c1-9-6-10(2)13(11(3)7-9)16-12-4-5-14-8-15-12/h4-8H,1-3H3,(H,14,15,16). The van der Waals surface area contributed by atoms with Crippen LogP contribution in [0.15, 0.2) is 30.7 Å². The van der Waals surface area contributed by atoms with Gasteiger partial charge in [-0.15, -0.1) is 0 Å². The van der Waals surface area contributed by atoms with Gasteiger partial charge in [-0.25, -0.2) is 9.97 Å². The van der Waals surface area contributed by atoms with Gasteiger partial charge in [-0.2, -0.15) is 0 Å². The van der Waals surface area contributed by atoms with E-state index in [0.29, 0.717) is 0 Å². The molecule has 0 spiro atoms. The molecule has 0 aliphatic carbocycles. The smallest absolute Gasteiger partial charge is 0.133 e. The first-order valence-corrected chi connectivity index (χ1v) is 5.27. The molecule has 1 aromatic heterocycles. The molecular weight excluding hydrogens is 198 g/mol. The van der Waals surface area contributed by atoms with E-state index in [-0.39, 0.29) is 0 Å².